The number of nitrogens with one attached hydrogen (secondary N) is 1. The molecule has 1 heterocycles. The van der Waals surface area contributed by atoms with Crippen molar-refractivity contribution in [1.29, 1.82) is 0 Å². The average Bonchev–Trinajstić information content (AvgIpc) is 3.00. The van der Waals surface area contributed by atoms with Gasteiger partial charge in [0.05, 0.1) is 10.5 Å². The zero-order chi connectivity index (χ0) is 17.5. The Balaban J connectivity index is 2.11. The van der Waals surface area contributed by atoms with Crippen LogP contribution in [-0.2, 0) is 14.8 Å². The third-order valence-corrected chi connectivity index (χ3v) is 7.04. The fourth-order valence-corrected chi connectivity index (χ4v) is 5.72. The summed E-state index contributed by atoms with van der Waals surface area (Å²) in [6.07, 6.45) is 2.59. The molecule has 0 atom stereocenters. The van der Waals surface area contributed by atoms with E-state index in [0.29, 0.717) is 18.4 Å². The Hall–Kier alpha value is -1.93. The van der Waals surface area contributed by atoms with E-state index in [1.807, 2.05) is 0 Å². The van der Waals surface area contributed by atoms with E-state index in [1.165, 1.54) is 22.5 Å². The highest BCUT2D eigenvalue weighted by molar-refractivity contribution is 7.89. The van der Waals surface area contributed by atoms with Crippen molar-refractivity contribution in [2.24, 2.45) is 0 Å². The highest BCUT2D eigenvalue weighted by Gasteiger charge is 2.53. The van der Waals surface area contributed by atoms with Crippen molar-refractivity contribution < 1.29 is 23.1 Å². The lowest BCUT2D eigenvalue weighted by molar-refractivity contribution is -0.133. The first-order valence-corrected chi connectivity index (χ1v) is 9.38. The van der Waals surface area contributed by atoms with Gasteiger partial charge in [-0.05, 0) is 37.5 Å². The van der Waals surface area contributed by atoms with E-state index in [1.54, 1.807) is 6.92 Å². The first-order valence-electron chi connectivity index (χ1n) is 7.94. The maximum Gasteiger partial charge on any atom is 0.335 e. The summed E-state index contributed by atoms with van der Waals surface area (Å²) < 4.78 is 27.8. The monoisotopic (exact) mass is 352 g/mol. The molecule has 1 saturated carbocycles. The van der Waals surface area contributed by atoms with Crippen LogP contribution in [-0.4, -0.2) is 48.3 Å². The van der Waals surface area contributed by atoms with Crippen LogP contribution in [0.25, 0.3) is 0 Å². The zero-order valence-electron chi connectivity index (χ0n) is 13.4. The Morgan fingerprint density at radius 1 is 1.29 bits per heavy atom. The van der Waals surface area contributed by atoms with E-state index in [2.05, 4.69) is 5.32 Å². The number of carboxylic acids is 1. The van der Waals surface area contributed by atoms with Crippen molar-refractivity contribution in [2.45, 2.75) is 43.0 Å². The molecule has 24 heavy (non-hydrogen) atoms. The molecule has 1 spiro atoms. The van der Waals surface area contributed by atoms with Gasteiger partial charge in [-0.15, -0.1) is 0 Å². The predicted molar refractivity (Wildman–Crippen MR) is 86.2 cm³/mol. The van der Waals surface area contributed by atoms with Gasteiger partial charge in [0.2, 0.25) is 15.9 Å². The van der Waals surface area contributed by atoms with E-state index in [0.717, 1.165) is 12.8 Å². The normalized spacial score (nSPS) is 21.0. The molecule has 0 unspecified atom stereocenters. The molecular formula is C16H20N2O5S. The Morgan fingerprint density at radius 3 is 2.58 bits per heavy atom. The number of hydrogen-bond acceptors (Lipinski definition) is 4. The van der Waals surface area contributed by atoms with Crippen molar-refractivity contribution in [3.8, 4) is 0 Å². The fraction of sp³-hybridized carbons (Fsp3) is 0.500. The smallest absolute Gasteiger partial charge is 0.335 e. The number of carbonyl (C=O) groups is 2. The molecule has 1 amide bonds. The number of aryl methyl sites for hydroxylation is 1. The van der Waals surface area contributed by atoms with Crippen LogP contribution in [0.2, 0.25) is 0 Å². The molecule has 2 fully saturated rings. The number of sulfonamides is 1. The lowest BCUT2D eigenvalue weighted by Crippen LogP contribution is -2.65. The molecule has 0 radical (unpaired) electrons. The van der Waals surface area contributed by atoms with E-state index in [-0.39, 0.29) is 29.5 Å². The second kappa shape index (κ2) is 5.86. The third-order valence-electron chi connectivity index (χ3n) is 4.93. The average molecular weight is 352 g/mol. The van der Waals surface area contributed by atoms with Gasteiger partial charge < -0.3 is 10.4 Å². The highest BCUT2D eigenvalue weighted by Crippen LogP contribution is 2.40. The standard InChI is InChI=1S/C16H20N2O5S/c1-11-4-5-12(14(19)20)10-13(11)24(22,23)18-9-8-17-15(21)16(18)6-2-3-7-16/h4-5,10H,2-3,6-9H2,1H3,(H,17,21)(H,19,20). The number of hydrogen-bond donors (Lipinski definition) is 2. The lowest BCUT2D eigenvalue weighted by atomic mass is 9.94. The second-order valence-corrected chi connectivity index (χ2v) is 8.19. The quantitative estimate of drug-likeness (QED) is 0.848. The summed E-state index contributed by atoms with van der Waals surface area (Å²) >= 11 is 0. The van der Waals surface area contributed by atoms with Crippen LogP contribution in [0.4, 0.5) is 0 Å². The number of aromatic carboxylic acids is 1. The molecule has 1 aliphatic heterocycles. The molecule has 0 aromatic heterocycles. The van der Waals surface area contributed by atoms with Crippen LogP contribution >= 0.6 is 0 Å². The minimum Gasteiger partial charge on any atom is -0.478 e. The molecule has 8 heteroatoms. The van der Waals surface area contributed by atoms with E-state index < -0.39 is 21.5 Å². The van der Waals surface area contributed by atoms with Crippen molar-refractivity contribution in [3.05, 3.63) is 29.3 Å². The molecular weight excluding hydrogens is 332 g/mol. The van der Waals surface area contributed by atoms with Gasteiger partial charge in [-0.25, -0.2) is 13.2 Å². The summed E-state index contributed by atoms with van der Waals surface area (Å²) in [5, 5.41) is 11.9. The van der Waals surface area contributed by atoms with Crippen molar-refractivity contribution >= 4 is 21.9 Å². The first kappa shape index (κ1) is 16.9. The van der Waals surface area contributed by atoms with Crippen LogP contribution in [0, 0.1) is 6.92 Å². The minimum atomic E-state index is -3.96. The van der Waals surface area contributed by atoms with Gasteiger partial charge in [0.25, 0.3) is 0 Å². The fourth-order valence-electron chi connectivity index (χ4n) is 3.68. The van der Waals surface area contributed by atoms with Gasteiger partial charge in [0.1, 0.15) is 5.54 Å². The van der Waals surface area contributed by atoms with Gasteiger partial charge in [0.15, 0.2) is 0 Å². The maximum atomic E-state index is 13.2. The minimum absolute atomic E-state index is 0.0385. The number of carboxylic acid groups (broad SMARTS) is 1. The number of amides is 1. The Bertz CT molecular complexity index is 797. The van der Waals surface area contributed by atoms with Crippen molar-refractivity contribution in [3.63, 3.8) is 0 Å². The Labute approximate surface area is 140 Å². The second-order valence-electron chi connectivity index (χ2n) is 6.36. The van der Waals surface area contributed by atoms with Crippen LogP contribution in [0.5, 0.6) is 0 Å². The molecule has 1 aromatic rings. The molecule has 2 aliphatic rings. The SMILES string of the molecule is Cc1ccc(C(=O)O)cc1S(=O)(=O)N1CCNC(=O)C12CCCC2. The van der Waals surface area contributed by atoms with Gasteiger partial charge in [0, 0.05) is 13.1 Å². The molecule has 1 saturated heterocycles. The summed E-state index contributed by atoms with van der Waals surface area (Å²) in [6, 6.07) is 4.05. The van der Waals surface area contributed by atoms with E-state index in [4.69, 9.17) is 5.11 Å². The third kappa shape index (κ3) is 2.50. The van der Waals surface area contributed by atoms with Gasteiger partial charge in [-0.3, -0.25) is 4.79 Å². The number of benzene rings is 1. The van der Waals surface area contributed by atoms with Gasteiger partial charge in [-0.1, -0.05) is 18.9 Å². The molecule has 130 valence electrons. The number of piperazine rings is 1. The Kier molecular flexibility index (Phi) is 4.13. The summed E-state index contributed by atoms with van der Waals surface area (Å²) in [5.41, 5.74) is -0.650. The van der Waals surface area contributed by atoms with Crippen molar-refractivity contribution in [2.75, 3.05) is 13.1 Å². The highest BCUT2D eigenvalue weighted by atomic mass is 32.2. The van der Waals surface area contributed by atoms with Crippen LogP contribution < -0.4 is 5.32 Å². The topological polar surface area (TPSA) is 104 Å². The van der Waals surface area contributed by atoms with E-state index >= 15 is 0 Å². The van der Waals surface area contributed by atoms with E-state index in [9.17, 15) is 18.0 Å². The number of rotatable bonds is 3. The summed E-state index contributed by atoms with van der Waals surface area (Å²) in [6.45, 7) is 2.09. The molecule has 1 aromatic carbocycles. The van der Waals surface area contributed by atoms with Crippen LogP contribution in [0.15, 0.2) is 23.1 Å². The first-order chi connectivity index (χ1) is 11.3. The maximum absolute atomic E-state index is 13.2. The zero-order valence-corrected chi connectivity index (χ0v) is 14.2. The summed E-state index contributed by atoms with van der Waals surface area (Å²) in [4.78, 5) is 23.6. The molecule has 1 aliphatic carbocycles. The van der Waals surface area contributed by atoms with Crippen LogP contribution in [0.1, 0.15) is 41.6 Å². The number of nitrogens with zero attached hydrogens (tertiary/aromatic N) is 1. The lowest BCUT2D eigenvalue weighted by Gasteiger charge is -2.42. The molecule has 7 nitrogen and oxygen atoms in total. The summed E-state index contributed by atoms with van der Waals surface area (Å²) in [5.74, 6) is -1.43. The van der Waals surface area contributed by atoms with Gasteiger partial charge in [-0.2, -0.15) is 4.31 Å². The summed E-state index contributed by atoms with van der Waals surface area (Å²) in [7, 11) is -3.96. The molecule has 3 rings (SSSR count). The van der Waals surface area contributed by atoms with Gasteiger partial charge >= 0.3 is 5.97 Å². The molecule has 0 bridgehead atoms. The largest absolute Gasteiger partial charge is 0.478 e. The molecule has 2 N–H and O–H groups in total. The predicted octanol–water partition coefficient (Wildman–Crippen LogP) is 1.13. The van der Waals surface area contributed by atoms with Crippen molar-refractivity contribution in [1.82, 2.24) is 9.62 Å². The Morgan fingerprint density at radius 2 is 1.96 bits per heavy atom. The number of carbonyl (C=O) groups excluding carboxylic acids is 1. The van der Waals surface area contributed by atoms with Crippen LogP contribution in [0.3, 0.4) is 0 Å².